The van der Waals surface area contributed by atoms with Gasteiger partial charge in [-0.1, -0.05) is 123 Å². The van der Waals surface area contributed by atoms with E-state index in [1.54, 1.807) is 6.33 Å². The molecule has 0 fully saturated rings. The van der Waals surface area contributed by atoms with Crippen molar-refractivity contribution in [2.45, 2.75) is 19.3 Å². The van der Waals surface area contributed by atoms with Crippen molar-refractivity contribution in [3.8, 4) is 44.5 Å². The third-order valence-corrected chi connectivity index (χ3v) is 9.83. The molecule has 1 aliphatic rings. The van der Waals surface area contributed by atoms with Crippen LogP contribution in [-0.2, 0) is 5.41 Å². The van der Waals surface area contributed by atoms with E-state index in [9.17, 15) is 0 Å². The van der Waals surface area contributed by atoms with E-state index in [4.69, 9.17) is 0 Å². The fourth-order valence-electron chi connectivity index (χ4n) is 7.64. The van der Waals surface area contributed by atoms with Crippen molar-refractivity contribution in [1.82, 2.24) is 9.97 Å². The highest BCUT2D eigenvalue weighted by Gasteiger charge is 2.35. The minimum absolute atomic E-state index is 0.0783. The molecule has 9 rings (SSSR count). The van der Waals surface area contributed by atoms with Gasteiger partial charge >= 0.3 is 0 Å². The van der Waals surface area contributed by atoms with E-state index in [1.165, 1.54) is 82.4 Å². The Bertz CT molecular complexity index is 2450. The number of hydrogen-bond acceptors (Lipinski definition) is 2. The first-order valence-electron chi connectivity index (χ1n) is 15.6. The van der Waals surface area contributed by atoms with Crippen LogP contribution in [0, 0.1) is 0 Å². The number of fused-ring (bicyclic) bond motifs is 6. The number of rotatable bonds is 3. The maximum Gasteiger partial charge on any atom is 0.115 e. The molecule has 1 aromatic heterocycles. The Balaban J connectivity index is 1.37. The van der Waals surface area contributed by atoms with Crippen molar-refractivity contribution >= 4 is 32.3 Å². The number of nitrogens with zero attached hydrogens (tertiary/aromatic N) is 2. The molecule has 7 aromatic carbocycles. The first kappa shape index (κ1) is 25.9. The molecule has 0 amide bonds. The van der Waals surface area contributed by atoms with Crippen molar-refractivity contribution in [3.63, 3.8) is 0 Å². The smallest absolute Gasteiger partial charge is 0.115 e. The van der Waals surface area contributed by atoms with E-state index in [-0.39, 0.29) is 5.41 Å². The highest BCUT2D eigenvalue weighted by molar-refractivity contribution is 6.22. The molecule has 1 aliphatic carbocycles. The van der Waals surface area contributed by atoms with Crippen LogP contribution in [0.25, 0.3) is 76.8 Å². The molecule has 0 bridgehead atoms. The van der Waals surface area contributed by atoms with Crippen LogP contribution in [0.3, 0.4) is 0 Å². The lowest BCUT2D eigenvalue weighted by Crippen LogP contribution is -2.14. The second-order valence-corrected chi connectivity index (χ2v) is 12.7. The summed E-state index contributed by atoms with van der Waals surface area (Å²) in [6, 6.07) is 47.1. The van der Waals surface area contributed by atoms with Gasteiger partial charge < -0.3 is 0 Å². The van der Waals surface area contributed by atoms with E-state index < -0.39 is 0 Å². The van der Waals surface area contributed by atoms with Gasteiger partial charge in [0.2, 0.25) is 0 Å². The molecule has 45 heavy (non-hydrogen) atoms. The van der Waals surface area contributed by atoms with Gasteiger partial charge in [-0.15, -0.1) is 0 Å². The van der Waals surface area contributed by atoms with Crippen LogP contribution in [0.15, 0.2) is 146 Å². The maximum atomic E-state index is 4.41. The van der Waals surface area contributed by atoms with Crippen molar-refractivity contribution < 1.29 is 0 Å². The number of hydrogen-bond donors (Lipinski definition) is 0. The van der Waals surface area contributed by atoms with Gasteiger partial charge in [-0.2, -0.15) is 0 Å². The Kier molecular flexibility index (Phi) is 5.58. The molecule has 8 aromatic rings. The SMILES string of the molecule is CC1(C)c2ccccc2-c2ccc(-c3c4ccccc4c(-c4cncnc4)c4ccc(-c5ccc6ccccc6c5)cc34)cc21. The van der Waals surface area contributed by atoms with E-state index in [0.29, 0.717) is 0 Å². The predicted molar refractivity (Wildman–Crippen MR) is 188 cm³/mol. The molecule has 2 heteroatoms. The quantitative estimate of drug-likeness (QED) is 0.196. The van der Waals surface area contributed by atoms with Gasteiger partial charge in [0.05, 0.1) is 0 Å². The molecule has 1 heterocycles. The van der Waals surface area contributed by atoms with E-state index in [2.05, 4.69) is 151 Å². The first-order chi connectivity index (χ1) is 22.1. The van der Waals surface area contributed by atoms with E-state index >= 15 is 0 Å². The predicted octanol–water partition coefficient (Wildman–Crippen LogP) is 11.2. The highest BCUT2D eigenvalue weighted by atomic mass is 14.8. The third kappa shape index (κ3) is 3.89. The second kappa shape index (κ2) is 9.70. The molecule has 212 valence electrons. The summed E-state index contributed by atoms with van der Waals surface area (Å²) in [6.07, 6.45) is 5.46. The zero-order valence-electron chi connectivity index (χ0n) is 25.3. The van der Waals surface area contributed by atoms with Crippen LogP contribution in [0.4, 0.5) is 0 Å². The third-order valence-electron chi connectivity index (χ3n) is 9.83. The van der Waals surface area contributed by atoms with E-state index in [1.807, 2.05) is 12.4 Å². The van der Waals surface area contributed by atoms with Gasteiger partial charge in [-0.05, 0) is 95.0 Å². The summed E-state index contributed by atoms with van der Waals surface area (Å²) >= 11 is 0. The largest absolute Gasteiger partial charge is 0.244 e. The second-order valence-electron chi connectivity index (χ2n) is 12.7. The normalized spacial score (nSPS) is 13.3. The van der Waals surface area contributed by atoms with Crippen molar-refractivity contribution in [3.05, 3.63) is 157 Å². The summed E-state index contributed by atoms with van der Waals surface area (Å²) in [5.41, 5.74) is 12.5. The summed E-state index contributed by atoms with van der Waals surface area (Å²) in [5.74, 6) is 0. The van der Waals surface area contributed by atoms with Crippen LogP contribution in [0.1, 0.15) is 25.0 Å². The highest BCUT2D eigenvalue weighted by Crippen LogP contribution is 2.51. The van der Waals surface area contributed by atoms with Crippen LogP contribution in [0.5, 0.6) is 0 Å². The summed E-state index contributed by atoms with van der Waals surface area (Å²) in [5, 5.41) is 7.36. The van der Waals surface area contributed by atoms with Gasteiger partial charge in [0.25, 0.3) is 0 Å². The monoisotopic (exact) mass is 574 g/mol. The summed E-state index contributed by atoms with van der Waals surface area (Å²) in [7, 11) is 0. The lowest BCUT2D eigenvalue weighted by atomic mass is 9.80. The van der Waals surface area contributed by atoms with Crippen LogP contribution in [0.2, 0.25) is 0 Å². The molecule has 0 atom stereocenters. The van der Waals surface area contributed by atoms with Gasteiger partial charge in [0.15, 0.2) is 0 Å². The summed E-state index contributed by atoms with van der Waals surface area (Å²) < 4.78 is 0. The standard InChI is InChI=1S/C43H30N2/c1-43(2)39-14-8-7-11-33(39)34-19-18-31(23-40(34)43)41-35-12-5-6-13-36(35)42(32-24-44-26-45-25-32)37-20-17-30(22-38(37)41)29-16-15-27-9-3-4-10-28(27)21-29/h3-26H,1-2H3. The summed E-state index contributed by atoms with van der Waals surface area (Å²) in [4.78, 5) is 8.83. The molecule has 0 radical (unpaired) electrons. The average molecular weight is 575 g/mol. The van der Waals surface area contributed by atoms with Gasteiger partial charge in [-0.3, -0.25) is 0 Å². The molecule has 0 saturated heterocycles. The minimum atomic E-state index is -0.0783. The molecular weight excluding hydrogens is 544 g/mol. The van der Waals surface area contributed by atoms with Crippen LogP contribution >= 0.6 is 0 Å². The Morgan fingerprint density at radius 2 is 1.02 bits per heavy atom. The van der Waals surface area contributed by atoms with Crippen molar-refractivity contribution in [1.29, 1.82) is 0 Å². The van der Waals surface area contributed by atoms with Crippen molar-refractivity contribution in [2.24, 2.45) is 0 Å². The fourth-order valence-corrected chi connectivity index (χ4v) is 7.64. The van der Waals surface area contributed by atoms with Gasteiger partial charge in [0.1, 0.15) is 6.33 Å². The lowest BCUT2D eigenvalue weighted by Gasteiger charge is -2.23. The topological polar surface area (TPSA) is 25.8 Å². The van der Waals surface area contributed by atoms with Gasteiger partial charge in [-0.25, -0.2) is 9.97 Å². The Morgan fingerprint density at radius 3 is 1.84 bits per heavy atom. The zero-order valence-corrected chi connectivity index (χ0v) is 25.3. The Labute approximate surface area is 262 Å². The molecule has 2 nitrogen and oxygen atoms in total. The Hall–Kier alpha value is -5.60. The zero-order chi connectivity index (χ0) is 30.1. The molecule has 0 saturated carbocycles. The number of benzene rings is 7. The first-order valence-corrected chi connectivity index (χ1v) is 15.6. The molecule has 0 aliphatic heterocycles. The molecule has 0 spiro atoms. The average Bonchev–Trinajstić information content (AvgIpc) is 3.32. The minimum Gasteiger partial charge on any atom is -0.244 e. The molecule has 0 unspecified atom stereocenters. The van der Waals surface area contributed by atoms with Gasteiger partial charge in [0, 0.05) is 28.9 Å². The van der Waals surface area contributed by atoms with E-state index in [0.717, 1.165) is 5.56 Å². The molecular formula is C43H30N2. The lowest BCUT2D eigenvalue weighted by molar-refractivity contribution is 0.660. The fraction of sp³-hybridized carbons (Fsp3) is 0.0698. The number of aromatic nitrogens is 2. The maximum absolute atomic E-state index is 4.41. The van der Waals surface area contributed by atoms with Crippen LogP contribution in [-0.4, -0.2) is 9.97 Å². The van der Waals surface area contributed by atoms with Crippen molar-refractivity contribution in [2.75, 3.05) is 0 Å². The molecule has 0 N–H and O–H groups in total. The summed E-state index contributed by atoms with van der Waals surface area (Å²) in [6.45, 7) is 4.71. The van der Waals surface area contributed by atoms with Crippen LogP contribution < -0.4 is 0 Å². The Morgan fingerprint density at radius 1 is 0.422 bits per heavy atom.